The van der Waals surface area contributed by atoms with E-state index in [9.17, 15) is 4.79 Å². The van der Waals surface area contributed by atoms with Gasteiger partial charge in [0, 0.05) is 17.5 Å². The molecule has 0 aromatic heterocycles. The number of thioether (sulfide) groups is 1. The Morgan fingerprint density at radius 3 is 2.79 bits per heavy atom. The van der Waals surface area contributed by atoms with Crippen molar-refractivity contribution in [2.75, 3.05) is 19.7 Å². The lowest BCUT2D eigenvalue weighted by molar-refractivity contribution is 0.0322. The highest BCUT2D eigenvalue weighted by atomic mass is 32.2. The topological polar surface area (TPSA) is 29.5 Å². The summed E-state index contributed by atoms with van der Waals surface area (Å²) in [6, 6.07) is 18.0. The van der Waals surface area contributed by atoms with Crippen LogP contribution in [0.4, 0.5) is 4.79 Å². The smallest absolute Gasteiger partial charge is 0.372 e. The average Bonchev–Trinajstić information content (AvgIpc) is 2.71. The second-order valence-electron chi connectivity index (χ2n) is 8.60. The van der Waals surface area contributed by atoms with E-state index in [1.807, 2.05) is 6.92 Å². The van der Waals surface area contributed by atoms with Crippen molar-refractivity contribution in [3.63, 3.8) is 0 Å². The lowest BCUT2D eigenvalue weighted by Gasteiger charge is -2.54. The molecule has 0 radical (unpaired) electrons. The van der Waals surface area contributed by atoms with Crippen molar-refractivity contribution in [2.45, 2.75) is 56.4 Å². The molecule has 154 valence electrons. The summed E-state index contributed by atoms with van der Waals surface area (Å²) in [6.45, 7) is 9.39. The Morgan fingerprint density at radius 2 is 2.03 bits per heavy atom. The zero-order valence-electron chi connectivity index (χ0n) is 17.7. The highest BCUT2D eigenvalue weighted by molar-refractivity contribution is 8.13. The van der Waals surface area contributed by atoms with Crippen molar-refractivity contribution in [1.82, 2.24) is 4.90 Å². The molecule has 2 aliphatic rings. The zero-order chi connectivity index (χ0) is 20.4. The van der Waals surface area contributed by atoms with E-state index in [1.165, 1.54) is 34.9 Å². The molecule has 2 aromatic carbocycles. The maximum Gasteiger partial charge on any atom is 0.372 e. The molecule has 0 spiro atoms. The minimum Gasteiger partial charge on any atom is -0.458 e. The summed E-state index contributed by atoms with van der Waals surface area (Å²) in [7, 11) is 0. The summed E-state index contributed by atoms with van der Waals surface area (Å²) >= 11 is 1.21. The van der Waals surface area contributed by atoms with Crippen LogP contribution in [0.15, 0.2) is 53.4 Å². The molecule has 3 atom stereocenters. The van der Waals surface area contributed by atoms with Crippen molar-refractivity contribution in [3.8, 4) is 0 Å². The fraction of sp³-hybridized carbons (Fsp3) is 0.480. The Hall–Kier alpha value is -1.78. The Morgan fingerprint density at radius 1 is 1.24 bits per heavy atom. The Kier molecular flexibility index (Phi) is 6.03. The van der Waals surface area contributed by atoms with E-state index in [0.717, 1.165) is 30.8 Å². The van der Waals surface area contributed by atoms with Gasteiger partial charge in [0.2, 0.25) is 0 Å². The molecule has 0 N–H and O–H groups in total. The molecule has 1 heterocycles. The number of ether oxygens (including phenoxy) is 1. The van der Waals surface area contributed by atoms with Gasteiger partial charge in [0.1, 0.15) is 0 Å². The third-order valence-corrected chi connectivity index (χ3v) is 7.86. The Balaban J connectivity index is 1.52. The molecule has 2 aromatic rings. The number of likely N-dealkylation sites (tertiary alicyclic amines) is 1. The van der Waals surface area contributed by atoms with E-state index in [4.69, 9.17) is 4.74 Å². The lowest BCUT2D eigenvalue weighted by atomic mass is 9.59. The summed E-state index contributed by atoms with van der Waals surface area (Å²) in [5.74, 6) is 0.599. The highest BCUT2D eigenvalue weighted by Gasteiger charge is 2.48. The van der Waals surface area contributed by atoms with Crippen molar-refractivity contribution in [1.29, 1.82) is 0 Å². The number of hydrogen-bond donors (Lipinski definition) is 0. The van der Waals surface area contributed by atoms with Crippen LogP contribution in [-0.4, -0.2) is 35.9 Å². The number of benzene rings is 2. The molecule has 1 fully saturated rings. The van der Waals surface area contributed by atoms with Crippen LogP contribution >= 0.6 is 11.8 Å². The van der Waals surface area contributed by atoms with Crippen molar-refractivity contribution >= 4 is 17.1 Å². The number of carbonyl (C=O) groups excluding carboxylic acids is 1. The first-order valence-corrected chi connectivity index (χ1v) is 11.6. The quantitative estimate of drug-likeness (QED) is 0.468. The van der Waals surface area contributed by atoms with Crippen molar-refractivity contribution in [3.05, 3.63) is 65.2 Å². The molecule has 2 bridgehead atoms. The summed E-state index contributed by atoms with van der Waals surface area (Å²) in [5.41, 5.74) is 4.49. The monoisotopic (exact) mass is 409 g/mol. The number of carbonyl (C=O) groups is 1. The van der Waals surface area contributed by atoms with Gasteiger partial charge in [0.05, 0.1) is 6.61 Å². The SMILES string of the molecule is CCOC(=O)Sc1ccc2c(c1)[C@]1(C)CCN(CCc3ccccc3)C(C2)[C@@H]1C. The number of hydrogen-bond acceptors (Lipinski definition) is 4. The minimum absolute atomic E-state index is 0.173. The number of nitrogens with zero attached hydrogens (tertiary/aromatic N) is 1. The van der Waals surface area contributed by atoms with Crippen LogP contribution in [-0.2, 0) is 23.0 Å². The van der Waals surface area contributed by atoms with Gasteiger partial charge in [-0.2, -0.15) is 0 Å². The molecule has 1 aliphatic heterocycles. The van der Waals surface area contributed by atoms with Gasteiger partial charge in [-0.15, -0.1) is 0 Å². The fourth-order valence-corrected chi connectivity index (χ4v) is 5.87. The summed E-state index contributed by atoms with van der Waals surface area (Å²) < 4.78 is 5.11. The average molecular weight is 410 g/mol. The molecule has 3 nitrogen and oxygen atoms in total. The molecule has 4 rings (SSSR count). The zero-order valence-corrected chi connectivity index (χ0v) is 18.5. The van der Waals surface area contributed by atoms with E-state index in [-0.39, 0.29) is 10.7 Å². The van der Waals surface area contributed by atoms with Gasteiger partial charge in [-0.3, -0.25) is 4.90 Å². The molecule has 29 heavy (non-hydrogen) atoms. The summed E-state index contributed by atoms with van der Waals surface area (Å²) in [4.78, 5) is 15.6. The van der Waals surface area contributed by atoms with Crippen LogP contribution < -0.4 is 0 Å². The minimum atomic E-state index is -0.213. The lowest BCUT2D eigenvalue weighted by Crippen LogP contribution is -2.58. The van der Waals surface area contributed by atoms with Gasteiger partial charge < -0.3 is 4.74 Å². The molecule has 1 unspecified atom stereocenters. The predicted molar refractivity (Wildman–Crippen MR) is 120 cm³/mol. The van der Waals surface area contributed by atoms with Crippen LogP contribution in [0.3, 0.4) is 0 Å². The molecule has 4 heteroatoms. The van der Waals surface area contributed by atoms with Gasteiger partial charge in [0.25, 0.3) is 0 Å². The van der Waals surface area contributed by atoms with E-state index in [1.54, 1.807) is 0 Å². The molecular formula is C25H31NO2S. The fourth-order valence-electron chi connectivity index (χ4n) is 5.19. The van der Waals surface area contributed by atoms with Crippen LogP contribution in [0, 0.1) is 5.92 Å². The summed E-state index contributed by atoms with van der Waals surface area (Å²) in [6.07, 6.45) is 3.38. The van der Waals surface area contributed by atoms with E-state index in [2.05, 4.69) is 67.3 Å². The van der Waals surface area contributed by atoms with Crippen molar-refractivity contribution < 1.29 is 9.53 Å². The largest absolute Gasteiger partial charge is 0.458 e. The van der Waals surface area contributed by atoms with E-state index < -0.39 is 0 Å². The van der Waals surface area contributed by atoms with Gasteiger partial charge in [-0.05, 0) is 84.6 Å². The second kappa shape index (κ2) is 8.53. The highest BCUT2D eigenvalue weighted by Crippen LogP contribution is 2.49. The van der Waals surface area contributed by atoms with Crippen LogP contribution in [0.1, 0.15) is 43.9 Å². The number of piperidine rings is 1. The third-order valence-electron chi connectivity index (χ3n) is 7.09. The van der Waals surface area contributed by atoms with Gasteiger partial charge in [0.15, 0.2) is 0 Å². The second-order valence-corrected chi connectivity index (χ2v) is 9.61. The molecular weight excluding hydrogens is 378 g/mol. The molecule has 1 aliphatic carbocycles. The number of rotatable bonds is 5. The maximum atomic E-state index is 11.9. The van der Waals surface area contributed by atoms with E-state index in [0.29, 0.717) is 18.6 Å². The maximum absolute atomic E-state index is 11.9. The van der Waals surface area contributed by atoms with Crippen molar-refractivity contribution in [2.24, 2.45) is 5.92 Å². The molecule has 0 saturated carbocycles. The van der Waals surface area contributed by atoms with Gasteiger partial charge in [-0.1, -0.05) is 50.2 Å². The first-order chi connectivity index (χ1) is 14.0. The van der Waals surface area contributed by atoms with Crippen LogP contribution in [0.2, 0.25) is 0 Å². The van der Waals surface area contributed by atoms with Gasteiger partial charge in [-0.25, -0.2) is 4.79 Å². The van der Waals surface area contributed by atoms with E-state index >= 15 is 0 Å². The number of fused-ring (bicyclic) bond motifs is 4. The Labute approximate surface area is 178 Å². The molecule has 1 saturated heterocycles. The molecule has 0 amide bonds. The summed E-state index contributed by atoms with van der Waals surface area (Å²) in [5, 5.41) is -0.213. The normalized spacial score (nSPS) is 26.0. The predicted octanol–water partition coefficient (Wildman–Crippen LogP) is 5.70. The first kappa shape index (κ1) is 20.5. The third kappa shape index (κ3) is 4.10. The van der Waals surface area contributed by atoms with Crippen LogP contribution in [0.25, 0.3) is 0 Å². The first-order valence-electron chi connectivity index (χ1n) is 10.8. The standard InChI is InChI=1S/C25H31NO2S/c1-4-28-24(27)29-21-11-10-20-16-23-18(2)25(3,22(20)17-21)13-15-26(23)14-12-19-8-6-5-7-9-19/h5-11,17-18,23H,4,12-16H2,1-3H3/t18-,23?,25+/m0/s1. The Bertz CT molecular complexity index is 868. The van der Waals surface area contributed by atoms with Crippen LogP contribution in [0.5, 0.6) is 0 Å². The van der Waals surface area contributed by atoms with Gasteiger partial charge >= 0.3 is 5.30 Å².